The van der Waals surface area contributed by atoms with E-state index in [1.54, 1.807) is 13.8 Å². The first-order valence-corrected chi connectivity index (χ1v) is 9.85. The summed E-state index contributed by atoms with van der Waals surface area (Å²) in [6.07, 6.45) is 2.02. The number of hydrogen-bond donors (Lipinski definition) is 1. The number of alkyl halides is 5. The summed E-state index contributed by atoms with van der Waals surface area (Å²) in [5, 5.41) is 1.49. The summed E-state index contributed by atoms with van der Waals surface area (Å²) < 4.78 is 68.0. The first kappa shape index (κ1) is 26.6. The highest BCUT2D eigenvalue weighted by Crippen LogP contribution is 2.35. The molecule has 0 aliphatic carbocycles. The molecule has 1 amide bonds. The number of halogens is 5. The first-order valence-electron chi connectivity index (χ1n) is 9.85. The maximum absolute atomic E-state index is 13.1. The highest BCUT2D eigenvalue weighted by molar-refractivity contribution is 5.89. The highest BCUT2D eigenvalue weighted by Gasteiger charge is 2.63. The summed E-state index contributed by atoms with van der Waals surface area (Å²) in [5.74, 6) is -9.33. The van der Waals surface area contributed by atoms with Crippen molar-refractivity contribution in [3.63, 3.8) is 0 Å². The minimum absolute atomic E-state index is 0.0356. The van der Waals surface area contributed by atoms with Crippen LogP contribution in [0.15, 0.2) is 0 Å². The zero-order chi connectivity index (χ0) is 21.8. The van der Waals surface area contributed by atoms with E-state index in [0.717, 1.165) is 25.7 Å². The Hall–Kier alpha value is -1.41. The van der Waals surface area contributed by atoms with Gasteiger partial charge in [-0.1, -0.05) is 65.7 Å². The fourth-order valence-electron chi connectivity index (χ4n) is 2.57. The fourth-order valence-corrected chi connectivity index (χ4v) is 2.57. The monoisotopic (exact) mass is 417 g/mol. The SMILES string of the molecule is CCCCCCCCCCOC(=O)C(CC(C)C)NC(=O)C(F)(F)C(F)(F)F. The molecule has 0 saturated heterocycles. The second-order valence-electron chi connectivity index (χ2n) is 7.37. The van der Waals surface area contributed by atoms with Crippen molar-refractivity contribution in [2.24, 2.45) is 5.92 Å². The molecule has 0 fully saturated rings. The van der Waals surface area contributed by atoms with Crippen LogP contribution in [-0.4, -0.2) is 36.6 Å². The predicted molar refractivity (Wildman–Crippen MR) is 96.0 cm³/mol. The van der Waals surface area contributed by atoms with Crippen LogP contribution in [0.1, 0.15) is 78.6 Å². The van der Waals surface area contributed by atoms with Crippen molar-refractivity contribution in [2.45, 2.75) is 96.7 Å². The van der Waals surface area contributed by atoms with Gasteiger partial charge in [-0.25, -0.2) is 4.79 Å². The van der Waals surface area contributed by atoms with Crippen molar-refractivity contribution in [2.75, 3.05) is 6.61 Å². The molecule has 0 aromatic heterocycles. The highest BCUT2D eigenvalue weighted by atomic mass is 19.4. The lowest BCUT2D eigenvalue weighted by atomic mass is 10.0. The van der Waals surface area contributed by atoms with Gasteiger partial charge < -0.3 is 10.1 Å². The average Bonchev–Trinajstić information content (AvgIpc) is 2.58. The molecule has 0 heterocycles. The molecule has 0 spiro atoms. The van der Waals surface area contributed by atoms with Crippen LogP contribution in [0.25, 0.3) is 0 Å². The molecule has 0 aliphatic rings. The van der Waals surface area contributed by atoms with Gasteiger partial charge in [-0.2, -0.15) is 22.0 Å². The molecule has 0 aromatic rings. The van der Waals surface area contributed by atoms with Gasteiger partial charge in [-0.3, -0.25) is 4.79 Å². The molecule has 0 bridgehead atoms. The molecule has 0 radical (unpaired) electrons. The number of amides is 1. The van der Waals surface area contributed by atoms with E-state index in [0.29, 0.717) is 6.42 Å². The summed E-state index contributed by atoms with van der Waals surface area (Å²) in [6, 6.07) is -1.55. The Morgan fingerprint density at radius 1 is 0.893 bits per heavy atom. The average molecular weight is 417 g/mol. The van der Waals surface area contributed by atoms with Crippen molar-refractivity contribution in [1.29, 1.82) is 0 Å². The Balaban J connectivity index is 4.42. The van der Waals surface area contributed by atoms with E-state index in [-0.39, 0.29) is 18.9 Å². The molecule has 166 valence electrons. The Morgan fingerprint density at radius 2 is 1.39 bits per heavy atom. The smallest absolute Gasteiger partial charge is 0.463 e. The van der Waals surface area contributed by atoms with Gasteiger partial charge in [-0.05, 0) is 18.8 Å². The summed E-state index contributed by atoms with van der Waals surface area (Å²) in [6.45, 7) is 5.46. The van der Waals surface area contributed by atoms with Crippen LogP contribution in [0.2, 0.25) is 0 Å². The number of ether oxygens (including phenoxy) is 1. The molecule has 0 aromatic carbocycles. The van der Waals surface area contributed by atoms with Crippen molar-refractivity contribution in [3.05, 3.63) is 0 Å². The van der Waals surface area contributed by atoms with Gasteiger partial charge in [0, 0.05) is 0 Å². The Labute approximate surface area is 163 Å². The Bertz CT molecular complexity index is 467. The predicted octanol–water partition coefficient (Wildman–Crippen LogP) is 5.40. The van der Waals surface area contributed by atoms with Crippen molar-refractivity contribution >= 4 is 11.9 Å². The molecule has 4 nitrogen and oxygen atoms in total. The zero-order valence-corrected chi connectivity index (χ0v) is 16.8. The van der Waals surface area contributed by atoms with Crippen molar-refractivity contribution in [3.8, 4) is 0 Å². The van der Waals surface area contributed by atoms with E-state index in [1.807, 2.05) is 0 Å². The molecule has 0 saturated carbocycles. The van der Waals surface area contributed by atoms with E-state index in [2.05, 4.69) is 6.92 Å². The lowest BCUT2D eigenvalue weighted by Gasteiger charge is -2.23. The van der Waals surface area contributed by atoms with Crippen molar-refractivity contribution in [1.82, 2.24) is 5.32 Å². The van der Waals surface area contributed by atoms with Crippen LogP contribution >= 0.6 is 0 Å². The normalized spacial score (nSPS) is 13.5. The van der Waals surface area contributed by atoms with Gasteiger partial charge in [-0.15, -0.1) is 0 Å². The number of carbonyl (C=O) groups excluding carboxylic acids is 2. The minimum atomic E-state index is -6.03. The van der Waals surface area contributed by atoms with E-state index < -0.39 is 30.0 Å². The van der Waals surface area contributed by atoms with Crippen LogP contribution < -0.4 is 5.32 Å². The second kappa shape index (κ2) is 12.9. The van der Waals surface area contributed by atoms with Gasteiger partial charge >= 0.3 is 24.0 Å². The van der Waals surface area contributed by atoms with Gasteiger partial charge in [0.15, 0.2) is 0 Å². The third-order valence-electron chi connectivity index (χ3n) is 4.18. The van der Waals surface area contributed by atoms with Crippen LogP contribution in [0, 0.1) is 5.92 Å². The maximum atomic E-state index is 13.1. The molecule has 1 N–H and O–H groups in total. The maximum Gasteiger partial charge on any atom is 0.463 e. The number of rotatable bonds is 14. The summed E-state index contributed by atoms with van der Waals surface area (Å²) in [7, 11) is 0. The van der Waals surface area contributed by atoms with Gasteiger partial charge in [0.1, 0.15) is 6.04 Å². The molecule has 1 unspecified atom stereocenters. The van der Waals surface area contributed by atoms with E-state index in [1.165, 1.54) is 24.6 Å². The second-order valence-corrected chi connectivity index (χ2v) is 7.37. The molecule has 9 heteroatoms. The lowest BCUT2D eigenvalue weighted by Crippen LogP contribution is -2.55. The largest absolute Gasteiger partial charge is 0.464 e. The number of unbranched alkanes of at least 4 members (excludes halogenated alkanes) is 7. The topological polar surface area (TPSA) is 55.4 Å². The fraction of sp³-hybridized carbons (Fsp3) is 0.895. The molecule has 0 aliphatic heterocycles. The minimum Gasteiger partial charge on any atom is -0.464 e. The molecular formula is C19H32F5NO3. The third kappa shape index (κ3) is 10.2. The standard InChI is InChI=1S/C19H32F5NO3/c1-4-5-6-7-8-9-10-11-12-28-16(26)15(13-14(2)3)25-17(27)18(20,21)19(22,23)24/h14-15H,4-13H2,1-3H3,(H,25,27). The number of nitrogens with one attached hydrogen (secondary N) is 1. The van der Waals surface area contributed by atoms with Crippen LogP contribution in [0.5, 0.6) is 0 Å². The quantitative estimate of drug-likeness (QED) is 0.234. The van der Waals surface area contributed by atoms with E-state index >= 15 is 0 Å². The van der Waals surface area contributed by atoms with Crippen LogP contribution in [0.4, 0.5) is 22.0 Å². The van der Waals surface area contributed by atoms with Crippen molar-refractivity contribution < 1.29 is 36.3 Å². The van der Waals surface area contributed by atoms with Gasteiger partial charge in [0.05, 0.1) is 6.61 Å². The molecule has 1 atom stereocenters. The lowest BCUT2D eigenvalue weighted by molar-refractivity contribution is -0.270. The Morgan fingerprint density at radius 3 is 1.86 bits per heavy atom. The van der Waals surface area contributed by atoms with Gasteiger partial charge in [0.25, 0.3) is 0 Å². The van der Waals surface area contributed by atoms with Gasteiger partial charge in [0.2, 0.25) is 0 Å². The summed E-state index contributed by atoms with van der Waals surface area (Å²) in [4.78, 5) is 23.4. The third-order valence-corrected chi connectivity index (χ3v) is 4.18. The van der Waals surface area contributed by atoms with Crippen LogP contribution in [0.3, 0.4) is 0 Å². The number of hydrogen-bond acceptors (Lipinski definition) is 3. The Kier molecular flexibility index (Phi) is 12.3. The first-order chi connectivity index (χ1) is 12.9. The molecular weight excluding hydrogens is 385 g/mol. The molecule has 0 rings (SSSR count). The van der Waals surface area contributed by atoms with Crippen LogP contribution in [-0.2, 0) is 14.3 Å². The summed E-state index contributed by atoms with van der Waals surface area (Å²) >= 11 is 0. The summed E-state index contributed by atoms with van der Waals surface area (Å²) in [5.41, 5.74) is 0. The number of esters is 1. The zero-order valence-electron chi connectivity index (χ0n) is 16.8. The van der Waals surface area contributed by atoms with E-state index in [9.17, 15) is 31.5 Å². The van der Waals surface area contributed by atoms with E-state index in [4.69, 9.17) is 4.74 Å². The number of carbonyl (C=O) groups is 2. The molecule has 28 heavy (non-hydrogen) atoms.